The van der Waals surface area contributed by atoms with Crippen LogP contribution >= 0.6 is 0 Å². The van der Waals surface area contributed by atoms with Crippen molar-refractivity contribution < 1.29 is 67.1 Å². The standard InChI is InChI=1S/C40H72N2O14/c1-37(2)49-29-27(47-35-33(31(29)51-37)53-39(5,6)55-35)23-45-21-25(43)19-41-17-15-13-11-9-10-12-14-16-18-42-20-26(44)22-46-24-28-30-32(52-38(3,4)50-30)34-36(48-28)56-40(7,8)54-34/h25-36,41-44H,9-24H2,1-8H3/t25?,26?,27?,28?,29-,30-,31-,32-,33+,34+,35+,36+/m0/s1. The van der Waals surface area contributed by atoms with E-state index in [1.54, 1.807) is 0 Å². The van der Waals surface area contributed by atoms with Crippen molar-refractivity contribution in [3.63, 3.8) is 0 Å². The molecule has 0 radical (unpaired) electrons. The number of aliphatic hydroxyl groups excluding tert-OH is 2. The second-order valence-corrected chi connectivity index (χ2v) is 18.0. The fourth-order valence-electron chi connectivity index (χ4n) is 8.51. The van der Waals surface area contributed by atoms with Crippen molar-refractivity contribution in [3.8, 4) is 0 Å². The molecule has 0 aromatic heterocycles. The maximum Gasteiger partial charge on any atom is 0.190 e. The first kappa shape index (κ1) is 44.9. The molecule has 6 fully saturated rings. The molecule has 16 nitrogen and oxygen atoms in total. The van der Waals surface area contributed by atoms with E-state index in [1.165, 1.54) is 38.5 Å². The molecular formula is C40H72N2O14. The van der Waals surface area contributed by atoms with Gasteiger partial charge in [-0.15, -0.1) is 0 Å². The summed E-state index contributed by atoms with van der Waals surface area (Å²) in [4.78, 5) is 0. The van der Waals surface area contributed by atoms with Crippen LogP contribution in [0.25, 0.3) is 0 Å². The number of unbranched alkanes of at least 4 members (excludes halogenated alkanes) is 7. The topological polar surface area (TPSA) is 175 Å². The molecule has 6 aliphatic rings. The van der Waals surface area contributed by atoms with E-state index in [9.17, 15) is 10.2 Å². The van der Waals surface area contributed by atoms with E-state index in [0.717, 1.165) is 25.9 Å². The molecule has 0 spiro atoms. The van der Waals surface area contributed by atoms with Gasteiger partial charge in [0.05, 0.1) is 38.6 Å². The Hall–Kier alpha value is -0.640. The van der Waals surface area contributed by atoms with Crippen molar-refractivity contribution in [2.75, 3.05) is 52.6 Å². The van der Waals surface area contributed by atoms with Crippen molar-refractivity contribution in [1.82, 2.24) is 10.6 Å². The summed E-state index contributed by atoms with van der Waals surface area (Å²) in [7, 11) is 0. The van der Waals surface area contributed by atoms with Crippen LogP contribution in [0.4, 0.5) is 0 Å². The Balaban J connectivity index is 0.711. The zero-order valence-corrected chi connectivity index (χ0v) is 35.0. The quantitative estimate of drug-likeness (QED) is 0.111. The van der Waals surface area contributed by atoms with E-state index in [4.69, 9.17) is 56.8 Å². The monoisotopic (exact) mass is 804 g/mol. The van der Waals surface area contributed by atoms with Crippen LogP contribution in [0.3, 0.4) is 0 Å². The Morgan fingerprint density at radius 1 is 0.446 bits per heavy atom. The maximum absolute atomic E-state index is 10.5. The van der Waals surface area contributed by atoms with Crippen molar-refractivity contribution in [3.05, 3.63) is 0 Å². The van der Waals surface area contributed by atoms with Crippen LogP contribution in [0, 0.1) is 0 Å². The first-order valence-electron chi connectivity index (χ1n) is 21.2. The van der Waals surface area contributed by atoms with Crippen molar-refractivity contribution in [2.24, 2.45) is 0 Å². The Kier molecular flexibility index (Phi) is 15.5. The molecule has 0 aromatic carbocycles. The van der Waals surface area contributed by atoms with Crippen LogP contribution in [0.1, 0.15) is 107 Å². The van der Waals surface area contributed by atoms with Gasteiger partial charge in [0.1, 0.15) is 48.8 Å². The van der Waals surface area contributed by atoms with E-state index in [2.05, 4.69) is 10.6 Å². The molecule has 326 valence electrons. The first-order valence-corrected chi connectivity index (χ1v) is 21.2. The number of hydrogen-bond donors (Lipinski definition) is 4. The highest BCUT2D eigenvalue weighted by Crippen LogP contribution is 2.45. The Labute approximate surface area is 333 Å². The molecule has 12 atom stereocenters. The number of aliphatic hydroxyl groups is 2. The molecule has 6 heterocycles. The molecule has 16 heteroatoms. The second-order valence-electron chi connectivity index (χ2n) is 18.0. The largest absolute Gasteiger partial charge is 0.389 e. The summed E-state index contributed by atoms with van der Waals surface area (Å²) in [6, 6.07) is 0. The summed E-state index contributed by atoms with van der Waals surface area (Å²) in [5.41, 5.74) is 0. The van der Waals surface area contributed by atoms with Gasteiger partial charge in [-0.05, 0) is 81.3 Å². The van der Waals surface area contributed by atoms with Gasteiger partial charge in [-0.2, -0.15) is 0 Å². The third kappa shape index (κ3) is 12.5. The number of rotatable bonds is 23. The minimum atomic E-state index is -0.763. The molecule has 0 aliphatic carbocycles. The third-order valence-corrected chi connectivity index (χ3v) is 10.9. The first-order chi connectivity index (χ1) is 26.5. The summed E-state index contributed by atoms with van der Waals surface area (Å²) in [6.45, 7) is 18.6. The van der Waals surface area contributed by atoms with Crippen LogP contribution in [0.15, 0.2) is 0 Å². The van der Waals surface area contributed by atoms with Gasteiger partial charge in [0.25, 0.3) is 0 Å². The molecule has 0 aromatic rings. The second kappa shape index (κ2) is 19.4. The molecule has 0 saturated carbocycles. The predicted octanol–water partition coefficient (Wildman–Crippen LogP) is 2.83. The van der Waals surface area contributed by atoms with E-state index in [-0.39, 0.29) is 63.1 Å². The zero-order valence-electron chi connectivity index (χ0n) is 35.0. The highest BCUT2D eigenvalue weighted by Gasteiger charge is 2.62. The Bertz CT molecular complexity index is 1120. The Morgan fingerprint density at radius 3 is 1.16 bits per heavy atom. The lowest BCUT2D eigenvalue weighted by Crippen LogP contribution is -2.56. The minimum Gasteiger partial charge on any atom is -0.389 e. The van der Waals surface area contributed by atoms with Gasteiger partial charge >= 0.3 is 0 Å². The summed E-state index contributed by atoms with van der Waals surface area (Å²) in [5, 5.41) is 27.6. The van der Waals surface area contributed by atoms with Crippen molar-refractivity contribution in [2.45, 2.75) is 204 Å². The van der Waals surface area contributed by atoms with Crippen LogP contribution in [0.5, 0.6) is 0 Å². The molecule has 4 unspecified atom stereocenters. The van der Waals surface area contributed by atoms with Crippen LogP contribution < -0.4 is 10.6 Å². The SMILES string of the molecule is CC1(C)O[C@H]2OC(COCC(O)CNCCCCCCCCCCNCC(O)COCC3O[C@@H]4OC(C)(C)O[C@@H]4[C@H]4OC(C)(C)O[C@@H]34)[C@@H]3OC(C)(C)O[C@@H]3[C@H]2O1. The average molecular weight is 805 g/mol. The maximum atomic E-state index is 10.5. The van der Waals surface area contributed by atoms with Gasteiger partial charge in [-0.1, -0.05) is 38.5 Å². The lowest BCUT2D eigenvalue weighted by molar-refractivity contribution is -0.244. The highest BCUT2D eigenvalue weighted by atomic mass is 16.9. The number of hydrogen-bond acceptors (Lipinski definition) is 16. The van der Waals surface area contributed by atoms with Crippen LogP contribution in [0.2, 0.25) is 0 Å². The predicted molar refractivity (Wildman–Crippen MR) is 201 cm³/mol. The molecule has 6 rings (SSSR count). The van der Waals surface area contributed by atoms with Gasteiger partial charge < -0.3 is 77.7 Å². The number of nitrogens with one attached hydrogen (secondary N) is 2. The Morgan fingerprint density at radius 2 is 0.768 bits per heavy atom. The van der Waals surface area contributed by atoms with E-state index >= 15 is 0 Å². The molecule has 0 amide bonds. The van der Waals surface area contributed by atoms with Crippen LogP contribution in [-0.2, 0) is 56.8 Å². The van der Waals surface area contributed by atoms with Gasteiger partial charge in [0, 0.05) is 13.1 Å². The number of ether oxygens (including phenoxy) is 12. The molecule has 6 aliphatic heterocycles. The van der Waals surface area contributed by atoms with Crippen LogP contribution in [-0.4, -0.2) is 160 Å². The van der Waals surface area contributed by atoms with E-state index in [1.807, 2.05) is 55.4 Å². The van der Waals surface area contributed by atoms with Gasteiger partial charge in [0.15, 0.2) is 35.7 Å². The summed E-state index contributed by atoms with van der Waals surface area (Å²) >= 11 is 0. The molecule has 4 N–H and O–H groups in total. The smallest absolute Gasteiger partial charge is 0.190 e. The fourth-order valence-corrected chi connectivity index (χ4v) is 8.51. The van der Waals surface area contributed by atoms with Gasteiger partial charge in [-0.25, -0.2) is 0 Å². The highest BCUT2D eigenvalue weighted by molar-refractivity contribution is 5.01. The summed E-state index contributed by atoms with van der Waals surface area (Å²) < 4.78 is 72.6. The van der Waals surface area contributed by atoms with Gasteiger partial charge in [-0.3, -0.25) is 0 Å². The lowest BCUT2D eigenvalue weighted by Gasteiger charge is -2.37. The fraction of sp³-hybridized carbons (Fsp3) is 1.00. The van der Waals surface area contributed by atoms with E-state index < -0.39 is 60.1 Å². The number of fused-ring (bicyclic) bond motifs is 6. The van der Waals surface area contributed by atoms with Crippen molar-refractivity contribution in [1.29, 1.82) is 0 Å². The van der Waals surface area contributed by atoms with Crippen molar-refractivity contribution >= 4 is 0 Å². The zero-order chi connectivity index (χ0) is 40.1. The molecule has 0 bridgehead atoms. The molecular weight excluding hydrogens is 732 g/mol. The molecule has 6 saturated heterocycles. The van der Waals surface area contributed by atoms with E-state index in [0.29, 0.717) is 13.1 Å². The normalized spacial score (nSPS) is 37.2. The third-order valence-electron chi connectivity index (χ3n) is 10.9. The lowest BCUT2D eigenvalue weighted by atomic mass is 9.99. The molecule has 56 heavy (non-hydrogen) atoms. The summed E-state index contributed by atoms with van der Waals surface area (Å²) in [6.07, 6.45) is 4.20. The minimum absolute atomic E-state index is 0.200. The summed E-state index contributed by atoms with van der Waals surface area (Å²) in [5.74, 6) is -3.03. The average Bonchev–Trinajstić information content (AvgIpc) is 3.81. The van der Waals surface area contributed by atoms with Gasteiger partial charge in [0.2, 0.25) is 0 Å².